The Kier molecular flexibility index (Phi) is 5.57. The predicted molar refractivity (Wildman–Crippen MR) is 154 cm³/mol. The smallest absolute Gasteiger partial charge is 0.238 e. The van der Waals surface area contributed by atoms with Gasteiger partial charge in [0.15, 0.2) is 11.5 Å². The summed E-state index contributed by atoms with van der Waals surface area (Å²) >= 11 is 3.50. The molecule has 3 aromatic carbocycles. The van der Waals surface area contributed by atoms with Crippen molar-refractivity contribution < 1.29 is 23.5 Å². The number of nitrogens with zero attached hydrogens (tertiary/aromatic N) is 1. The molecule has 3 aliphatic rings. The number of carbonyl (C=O) groups is 3. The number of nitrogens with one attached hydrogen (secondary N) is 1. The SMILES string of the molecule is COc1ccc(C(=O)[C@H]2[C@@H](C(=O)c3ccco3)[C@]3(C(=O)Nc4ccccc43)[C@H]3C=Cc4ccccc4N23)cc1Br. The summed E-state index contributed by atoms with van der Waals surface area (Å²) in [6.07, 6.45) is 5.35. The van der Waals surface area contributed by atoms with Gasteiger partial charge in [-0.25, -0.2) is 0 Å². The van der Waals surface area contributed by atoms with Gasteiger partial charge in [0.1, 0.15) is 17.2 Å². The molecule has 4 atom stereocenters. The van der Waals surface area contributed by atoms with Crippen molar-refractivity contribution in [2.45, 2.75) is 17.5 Å². The van der Waals surface area contributed by atoms with Crippen LogP contribution < -0.4 is 15.0 Å². The van der Waals surface area contributed by atoms with Crippen molar-refractivity contribution in [2.24, 2.45) is 5.92 Å². The molecule has 4 aromatic rings. The number of amides is 1. The molecule has 0 unspecified atom stereocenters. The van der Waals surface area contributed by atoms with Crippen molar-refractivity contribution in [2.75, 3.05) is 17.3 Å². The van der Waals surface area contributed by atoms with Gasteiger partial charge >= 0.3 is 0 Å². The summed E-state index contributed by atoms with van der Waals surface area (Å²) in [4.78, 5) is 45.4. The summed E-state index contributed by atoms with van der Waals surface area (Å²) in [6, 6.07) is 21.8. The number of hydrogen-bond donors (Lipinski definition) is 1. The van der Waals surface area contributed by atoms with Crippen molar-refractivity contribution in [1.82, 2.24) is 0 Å². The quantitative estimate of drug-likeness (QED) is 0.289. The molecule has 3 aliphatic heterocycles. The maximum Gasteiger partial charge on any atom is 0.238 e. The fraction of sp³-hybridized carbons (Fsp3) is 0.156. The molecular weight excluding hydrogens is 572 g/mol. The third-order valence-corrected chi connectivity index (χ3v) is 8.91. The first-order chi connectivity index (χ1) is 19.5. The fourth-order valence-electron chi connectivity index (χ4n) is 6.68. The Labute approximate surface area is 238 Å². The number of halogens is 1. The average molecular weight is 595 g/mol. The second-order valence-corrected chi connectivity index (χ2v) is 11.0. The van der Waals surface area contributed by atoms with Crippen LogP contribution in [0.1, 0.15) is 32.0 Å². The fourth-order valence-corrected chi connectivity index (χ4v) is 7.22. The molecular formula is C32H23BrN2O5. The zero-order chi connectivity index (χ0) is 27.6. The van der Waals surface area contributed by atoms with E-state index in [1.807, 2.05) is 65.6 Å². The minimum atomic E-state index is -1.38. The molecule has 1 fully saturated rings. The van der Waals surface area contributed by atoms with Crippen LogP contribution in [0.15, 0.2) is 100 Å². The van der Waals surface area contributed by atoms with E-state index in [1.54, 1.807) is 37.4 Å². The van der Waals surface area contributed by atoms with Gasteiger partial charge in [-0.15, -0.1) is 0 Å². The van der Waals surface area contributed by atoms with Gasteiger partial charge in [0.2, 0.25) is 11.7 Å². The summed E-state index contributed by atoms with van der Waals surface area (Å²) in [5.41, 5.74) is 2.03. The lowest BCUT2D eigenvalue weighted by molar-refractivity contribution is -0.121. The Morgan fingerprint density at radius 3 is 2.58 bits per heavy atom. The highest BCUT2D eigenvalue weighted by molar-refractivity contribution is 9.10. The summed E-state index contributed by atoms with van der Waals surface area (Å²) in [7, 11) is 1.55. The molecule has 7 nitrogen and oxygen atoms in total. The number of hydrogen-bond acceptors (Lipinski definition) is 6. The van der Waals surface area contributed by atoms with Crippen molar-refractivity contribution in [3.63, 3.8) is 0 Å². The van der Waals surface area contributed by atoms with Crippen molar-refractivity contribution >= 4 is 50.9 Å². The molecule has 0 bridgehead atoms. The van der Waals surface area contributed by atoms with Crippen LogP contribution in [0.3, 0.4) is 0 Å². The third kappa shape index (κ3) is 3.26. The number of para-hydroxylation sites is 2. The molecule has 7 rings (SSSR count). The largest absolute Gasteiger partial charge is 0.496 e. The van der Waals surface area contributed by atoms with Gasteiger partial charge in [0.25, 0.3) is 0 Å². The predicted octanol–water partition coefficient (Wildman–Crippen LogP) is 5.91. The zero-order valence-corrected chi connectivity index (χ0v) is 22.9. The normalized spacial score (nSPS) is 23.9. The topological polar surface area (TPSA) is 88.9 Å². The maximum atomic E-state index is 14.7. The van der Waals surface area contributed by atoms with Crippen LogP contribution >= 0.6 is 15.9 Å². The Morgan fingerprint density at radius 2 is 1.80 bits per heavy atom. The number of ketones is 2. The standard InChI is InChI=1S/C32H23BrN2O5/c1-39-24-14-12-19(17-21(24)33)29(36)28-27(30(37)25-11-6-16-40-25)32(20-8-3-4-9-22(20)34-31(32)38)26-15-13-18-7-2-5-10-23(18)35(26)28/h2-17,26-28H,1H3,(H,34,38)/t26-,27+,28-,32-/m1/s1. The van der Waals surface area contributed by atoms with E-state index in [0.29, 0.717) is 27.0 Å². The lowest BCUT2D eigenvalue weighted by Crippen LogP contribution is -2.51. The summed E-state index contributed by atoms with van der Waals surface area (Å²) in [6.45, 7) is 0. The van der Waals surface area contributed by atoms with Gasteiger partial charge in [-0.2, -0.15) is 0 Å². The number of carbonyl (C=O) groups excluding carboxylic acids is 3. The van der Waals surface area contributed by atoms with Crippen molar-refractivity contribution in [3.05, 3.63) is 118 Å². The van der Waals surface area contributed by atoms with Gasteiger partial charge in [-0.1, -0.05) is 48.6 Å². The molecule has 198 valence electrons. The number of methoxy groups -OCH3 is 1. The van der Waals surface area contributed by atoms with Crippen LogP contribution in [-0.2, 0) is 10.2 Å². The summed E-state index contributed by atoms with van der Waals surface area (Å²) in [5.74, 6) is -1.40. The van der Waals surface area contributed by atoms with Crippen LogP contribution in [0.25, 0.3) is 6.08 Å². The Morgan fingerprint density at radius 1 is 1.00 bits per heavy atom. The van der Waals surface area contributed by atoms with Crippen LogP contribution in [0.4, 0.5) is 11.4 Å². The first-order valence-electron chi connectivity index (χ1n) is 12.9. The number of rotatable bonds is 5. The molecule has 4 heterocycles. The van der Waals surface area contributed by atoms with Gasteiger partial charge in [-0.05, 0) is 69.5 Å². The monoisotopic (exact) mass is 594 g/mol. The third-order valence-electron chi connectivity index (χ3n) is 8.29. The van der Waals surface area contributed by atoms with E-state index in [9.17, 15) is 14.4 Å². The van der Waals surface area contributed by atoms with Crippen LogP contribution in [0.2, 0.25) is 0 Å². The molecule has 1 saturated heterocycles. The van der Waals surface area contributed by atoms with E-state index in [-0.39, 0.29) is 17.5 Å². The second-order valence-electron chi connectivity index (χ2n) is 10.1. The van der Waals surface area contributed by atoms with E-state index in [0.717, 1.165) is 11.3 Å². The molecule has 8 heteroatoms. The van der Waals surface area contributed by atoms with Crippen molar-refractivity contribution in [1.29, 1.82) is 0 Å². The average Bonchev–Trinajstić information content (AvgIpc) is 3.69. The number of anilines is 2. The number of fused-ring (bicyclic) bond motifs is 6. The zero-order valence-electron chi connectivity index (χ0n) is 21.3. The lowest BCUT2D eigenvalue weighted by atomic mass is 9.64. The van der Waals surface area contributed by atoms with Crippen molar-refractivity contribution in [3.8, 4) is 5.75 Å². The van der Waals surface area contributed by atoms with E-state index in [1.165, 1.54) is 6.26 Å². The number of Topliss-reactive ketones (excluding diaryl/α,β-unsaturated/α-hetero) is 2. The minimum Gasteiger partial charge on any atom is -0.496 e. The van der Waals surface area contributed by atoms with E-state index >= 15 is 0 Å². The molecule has 1 spiro atoms. The van der Waals surface area contributed by atoms with Crippen LogP contribution in [0.5, 0.6) is 5.75 Å². The number of benzene rings is 3. The van der Waals surface area contributed by atoms with Gasteiger partial charge in [0, 0.05) is 16.9 Å². The maximum absolute atomic E-state index is 14.7. The molecule has 1 N–H and O–H groups in total. The first-order valence-corrected chi connectivity index (χ1v) is 13.7. The second kappa shape index (κ2) is 9.06. The van der Waals surface area contributed by atoms with E-state index < -0.39 is 29.2 Å². The van der Waals surface area contributed by atoms with Crippen LogP contribution in [-0.4, -0.2) is 36.7 Å². The first kappa shape index (κ1) is 24.6. The molecule has 0 saturated carbocycles. The summed E-state index contributed by atoms with van der Waals surface area (Å²) in [5, 5.41) is 3.02. The Hall–Kier alpha value is -4.43. The van der Waals surface area contributed by atoms with Gasteiger partial charge < -0.3 is 19.4 Å². The Bertz CT molecular complexity index is 1730. The highest BCUT2D eigenvalue weighted by atomic mass is 79.9. The van der Waals surface area contributed by atoms with Gasteiger partial charge in [-0.3, -0.25) is 14.4 Å². The molecule has 40 heavy (non-hydrogen) atoms. The number of ether oxygens (including phenoxy) is 1. The number of furan rings is 1. The minimum absolute atomic E-state index is 0.104. The van der Waals surface area contributed by atoms with E-state index in [2.05, 4.69) is 21.2 Å². The van der Waals surface area contributed by atoms with E-state index in [4.69, 9.17) is 9.15 Å². The molecule has 0 radical (unpaired) electrons. The molecule has 0 aliphatic carbocycles. The Balaban J connectivity index is 1.52. The molecule has 1 aromatic heterocycles. The highest BCUT2D eigenvalue weighted by Gasteiger charge is 2.70. The highest BCUT2D eigenvalue weighted by Crippen LogP contribution is 2.58. The lowest BCUT2D eigenvalue weighted by Gasteiger charge is -2.37. The van der Waals surface area contributed by atoms with Crippen LogP contribution in [0, 0.1) is 5.92 Å². The molecule has 1 amide bonds. The van der Waals surface area contributed by atoms with Gasteiger partial charge in [0.05, 0.1) is 29.8 Å². The summed E-state index contributed by atoms with van der Waals surface area (Å²) < 4.78 is 11.6.